The third-order valence-corrected chi connectivity index (χ3v) is 2.75. The molecule has 1 aromatic carbocycles. The Morgan fingerprint density at radius 2 is 1.74 bits per heavy atom. The molecule has 0 spiro atoms. The van der Waals surface area contributed by atoms with Crippen LogP contribution in [0.1, 0.15) is 22.3 Å². The molecule has 0 saturated heterocycles. The van der Waals surface area contributed by atoms with Gasteiger partial charge in [0.1, 0.15) is 0 Å². The molecule has 2 aromatic rings. The van der Waals surface area contributed by atoms with E-state index in [2.05, 4.69) is 0 Å². The van der Waals surface area contributed by atoms with Crippen molar-refractivity contribution >= 4 is 11.9 Å². The number of aliphatic carboxylic acids is 1. The Morgan fingerprint density at radius 1 is 1.05 bits per heavy atom. The largest absolute Gasteiger partial charge is 0.481 e. The second-order valence-corrected chi connectivity index (χ2v) is 4.18. The Labute approximate surface area is 109 Å². The van der Waals surface area contributed by atoms with Gasteiger partial charge in [0.05, 0.1) is 5.56 Å². The average Bonchev–Trinajstić information content (AvgIpc) is 2.89. The minimum Gasteiger partial charge on any atom is -0.481 e. The second kappa shape index (κ2) is 5.39. The van der Waals surface area contributed by atoms with Gasteiger partial charge >= 0.3 is 11.9 Å². The average molecular weight is 259 g/mol. The lowest BCUT2D eigenvalue weighted by Gasteiger charge is -2.08. The summed E-state index contributed by atoms with van der Waals surface area (Å²) in [7, 11) is 0. The Bertz CT molecular complexity index is 602. The van der Waals surface area contributed by atoms with Gasteiger partial charge < -0.3 is 14.8 Å². The number of aromatic carboxylic acids is 1. The lowest BCUT2D eigenvalue weighted by molar-refractivity contribution is -0.136. The lowest BCUT2D eigenvalue weighted by Crippen LogP contribution is -2.03. The van der Waals surface area contributed by atoms with Gasteiger partial charge in [0, 0.05) is 24.5 Å². The van der Waals surface area contributed by atoms with Crippen LogP contribution in [0.4, 0.5) is 0 Å². The summed E-state index contributed by atoms with van der Waals surface area (Å²) in [6, 6.07) is 8.55. The third kappa shape index (κ3) is 3.22. The molecule has 0 saturated carbocycles. The monoisotopic (exact) mass is 259 g/mol. The van der Waals surface area contributed by atoms with E-state index in [1.807, 2.05) is 24.5 Å². The summed E-state index contributed by atoms with van der Waals surface area (Å²) < 4.78 is 1.79. The van der Waals surface area contributed by atoms with Crippen molar-refractivity contribution in [3.63, 3.8) is 0 Å². The summed E-state index contributed by atoms with van der Waals surface area (Å²) in [4.78, 5) is 21.7. The Balaban J connectivity index is 2.38. The number of aromatic nitrogens is 1. The molecule has 98 valence electrons. The molecule has 0 fully saturated rings. The summed E-state index contributed by atoms with van der Waals surface area (Å²) >= 11 is 0. The number of hydrogen-bond donors (Lipinski definition) is 2. The molecule has 5 heteroatoms. The van der Waals surface area contributed by atoms with Gasteiger partial charge in [-0.3, -0.25) is 4.79 Å². The van der Waals surface area contributed by atoms with Crippen LogP contribution in [0.25, 0.3) is 5.69 Å². The number of carbonyl (C=O) groups is 2. The van der Waals surface area contributed by atoms with Crippen LogP contribution in [0.5, 0.6) is 0 Å². The highest BCUT2D eigenvalue weighted by molar-refractivity contribution is 5.88. The van der Waals surface area contributed by atoms with E-state index >= 15 is 0 Å². The standard InChI is InChI=1S/C14H13NO4/c16-13(17)4-3-10-7-11(14(18)19)9-12(8-10)15-5-1-2-6-15/h1-2,5-9H,3-4H2,(H,16,17)(H,18,19). The van der Waals surface area contributed by atoms with Gasteiger partial charge in [-0.05, 0) is 42.3 Å². The van der Waals surface area contributed by atoms with Crippen LogP contribution < -0.4 is 0 Å². The Hall–Kier alpha value is -2.56. The van der Waals surface area contributed by atoms with Crippen LogP contribution in [0.3, 0.4) is 0 Å². The van der Waals surface area contributed by atoms with Crippen molar-refractivity contribution in [1.82, 2.24) is 4.57 Å². The summed E-state index contributed by atoms with van der Waals surface area (Å²) in [5, 5.41) is 17.8. The first-order valence-corrected chi connectivity index (χ1v) is 5.78. The summed E-state index contributed by atoms with van der Waals surface area (Å²) in [6.07, 6.45) is 3.91. The topological polar surface area (TPSA) is 79.5 Å². The van der Waals surface area contributed by atoms with E-state index in [0.29, 0.717) is 17.7 Å². The maximum Gasteiger partial charge on any atom is 0.335 e. The van der Waals surface area contributed by atoms with E-state index < -0.39 is 11.9 Å². The number of rotatable bonds is 5. The molecule has 19 heavy (non-hydrogen) atoms. The zero-order valence-corrected chi connectivity index (χ0v) is 10.1. The van der Waals surface area contributed by atoms with Crippen molar-refractivity contribution in [2.75, 3.05) is 0 Å². The first kappa shape index (κ1) is 12.9. The van der Waals surface area contributed by atoms with Crippen molar-refractivity contribution in [1.29, 1.82) is 0 Å². The highest BCUT2D eigenvalue weighted by atomic mass is 16.4. The fourth-order valence-corrected chi connectivity index (χ4v) is 1.85. The highest BCUT2D eigenvalue weighted by Gasteiger charge is 2.09. The van der Waals surface area contributed by atoms with E-state index in [9.17, 15) is 9.59 Å². The summed E-state index contributed by atoms with van der Waals surface area (Å²) in [5.41, 5.74) is 1.57. The highest BCUT2D eigenvalue weighted by Crippen LogP contribution is 2.16. The predicted octanol–water partition coefficient (Wildman–Crippen LogP) is 2.19. The molecule has 0 atom stereocenters. The van der Waals surface area contributed by atoms with Crippen molar-refractivity contribution in [2.24, 2.45) is 0 Å². The third-order valence-electron chi connectivity index (χ3n) is 2.75. The van der Waals surface area contributed by atoms with Crippen molar-refractivity contribution in [3.05, 3.63) is 53.9 Å². The molecule has 2 rings (SSSR count). The van der Waals surface area contributed by atoms with Crippen LogP contribution >= 0.6 is 0 Å². The molecular weight excluding hydrogens is 246 g/mol. The Morgan fingerprint density at radius 3 is 2.32 bits per heavy atom. The zero-order chi connectivity index (χ0) is 13.8. The van der Waals surface area contributed by atoms with Crippen LogP contribution in [-0.2, 0) is 11.2 Å². The predicted molar refractivity (Wildman–Crippen MR) is 68.7 cm³/mol. The van der Waals surface area contributed by atoms with E-state index in [4.69, 9.17) is 10.2 Å². The molecule has 2 N–H and O–H groups in total. The van der Waals surface area contributed by atoms with E-state index in [-0.39, 0.29) is 12.0 Å². The van der Waals surface area contributed by atoms with Gasteiger partial charge in [0.15, 0.2) is 0 Å². The minimum absolute atomic E-state index is 0.0197. The van der Waals surface area contributed by atoms with Gasteiger partial charge in [-0.1, -0.05) is 0 Å². The first-order valence-electron chi connectivity index (χ1n) is 5.78. The number of benzene rings is 1. The minimum atomic E-state index is -1.02. The molecule has 0 radical (unpaired) electrons. The summed E-state index contributed by atoms with van der Waals surface area (Å²) in [6.45, 7) is 0. The molecule has 0 aliphatic rings. The molecule has 0 amide bonds. The molecule has 0 aliphatic carbocycles. The first-order chi connectivity index (χ1) is 9.06. The fraction of sp³-hybridized carbons (Fsp3) is 0.143. The van der Waals surface area contributed by atoms with E-state index in [1.54, 1.807) is 16.7 Å². The maximum absolute atomic E-state index is 11.1. The lowest BCUT2D eigenvalue weighted by atomic mass is 10.0. The second-order valence-electron chi connectivity index (χ2n) is 4.18. The van der Waals surface area contributed by atoms with Gasteiger partial charge in [0.2, 0.25) is 0 Å². The normalized spacial score (nSPS) is 10.3. The van der Waals surface area contributed by atoms with Gasteiger partial charge in [-0.2, -0.15) is 0 Å². The zero-order valence-electron chi connectivity index (χ0n) is 10.1. The number of aryl methyl sites for hydroxylation is 1. The van der Waals surface area contributed by atoms with Gasteiger partial charge in [-0.25, -0.2) is 4.79 Å². The summed E-state index contributed by atoms with van der Waals surface area (Å²) in [5.74, 6) is -1.92. The number of nitrogens with zero attached hydrogens (tertiary/aromatic N) is 1. The molecule has 1 aromatic heterocycles. The number of carboxylic acid groups (broad SMARTS) is 2. The number of hydrogen-bond acceptors (Lipinski definition) is 2. The van der Waals surface area contributed by atoms with Crippen LogP contribution in [0, 0.1) is 0 Å². The fourth-order valence-electron chi connectivity index (χ4n) is 1.85. The van der Waals surface area contributed by atoms with Gasteiger partial charge in [0.25, 0.3) is 0 Å². The van der Waals surface area contributed by atoms with Crippen LogP contribution in [0.15, 0.2) is 42.7 Å². The van der Waals surface area contributed by atoms with Crippen molar-refractivity contribution < 1.29 is 19.8 Å². The van der Waals surface area contributed by atoms with Crippen molar-refractivity contribution in [2.45, 2.75) is 12.8 Å². The van der Waals surface area contributed by atoms with Crippen LogP contribution in [0.2, 0.25) is 0 Å². The maximum atomic E-state index is 11.1. The molecule has 0 unspecified atom stereocenters. The molecule has 0 aliphatic heterocycles. The molecule has 0 bridgehead atoms. The van der Waals surface area contributed by atoms with E-state index in [0.717, 1.165) is 0 Å². The Kier molecular flexibility index (Phi) is 3.66. The number of carboxylic acids is 2. The quantitative estimate of drug-likeness (QED) is 0.862. The van der Waals surface area contributed by atoms with E-state index in [1.165, 1.54) is 6.07 Å². The molecular formula is C14H13NO4. The molecule has 5 nitrogen and oxygen atoms in total. The van der Waals surface area contributed by atoms with Crippen LogP contribution in [-0.4, -0.2) is 26.7 Å². The van der Waals surface area contributed by atoms with Gasteiger partial charge in [-0.15, -0.1) is 0 Å². The molecule has 1 heterocycles. The van der Waals surface area contributed by atoms with Crippen molar-refractivity contribution in [3.8, 4) is 5.69 Å². The SMILES string of the molecule is O=C(O)CCc1cc(C(=O)O)cc(-n2cccc2)c1. The smallest absolute Gasteiger partial charge is 0.335 e.